The molecule has 1 unspecified atom stereocenters. The SMILES string of the molecule is CCCCCCCCC(/C=C/CCCCCCC(=O)O)S(=O)(=O)O. The normalized spacial score (nSPS) is 13.4. The third kappa shape index (κ3) is 14.7. The van der Waals surface area contributed by atoms with Crippen molar-refractivity contribution >= 4 is 16.1 Å². The molecule has 0 aromatic carbocycles. The Morgan fingerprint density at radius 1 is 0.958 bits per heavy atom. The molecule has 0 spiro atoms. The second-order valence-corrected chi connectivity index (χ2v) is 8.02. The fourth-order valence-electron chi connectivity index (χ4n) is 2.61. The van der Waals surface area contributed by atoms with Crippen molar-refractivity contribution < 1.29 is 22.9 Å². The molecule has 0 radical (unpaired) electrons. The van der Waals surface area contributed by atoms with E-state index >= 15 is 0 Å². The Hall–Kier alpha value is -0.880. The van der Waals surface area contributed by atoms with Crippen LogP contribution in [0, 0.1) is 0 Å². The number of hydrogen-bond donors (Lipinski definition) is 2. The zero-order valence-electron chi connectivity index (χ0n) is 15.0. The molecule has 0 amide bonds. The van der Waals surface area contributed by atoms with Crippen LogP contribution < -0.4 is 0 Å². The van der Waals surface area contributed by atoms with Crippen molar-refractivity contribution in [3.8, 4) is 0 Å². The van der Waals surface area contributed by atoms with Gasteiger partial charge in [-0.15, -0.1) is 0 Å². The molecule has 0 fully saturated rings. The lowest BCUT2D eigenvalue weighted by atomic mass is 10.1. The molecule has 0 aliphatic carbocycles. The summed E-state index contributed by atoms with van der Waals surface area (Å²) in [6.45, 7) is 2.16. The summed E-state index contributed by atoms with van der Waals surface area (Å²) in [6, 6.07) is 0. The molecule has 0 saturated carbocycles. The lowest BCUT2D eigenvalue weighted by molar-refractivity contribution is -0.137. The monoisotopic (exact) mass is 362 g/mol. The topological polar surface area (TPSA) is 91.7 Å². The van der Waals surface area contributed by atoms with Gasteiger partial charge in [0.1, 0.15) is 5.25 Å². The summed E-state index contributed by atoms with van der Waals surface area (Å²) in [6.07, 6.45) is 14.8. The summed E-state index contributed by atoms with van der Waals surface area (Å²) in [5.41, 5.74) is 0. The van der Waals surface area contributed by atoms with Gasteiger partial charge in [0, 0.05) is 6.42 Å². The minimum atomic E-state index is -4.03. The van der Waals surface area contributed by atoms with Crippen molar-refractivity contribution in [2.75, 3.05) is 0 Å². The van der Waals surface area contributed by atoms with E-state index < -0.39 is 21.3 Å². The van der Waals surface area contributed by atoms with Gasteiger partial charge in [-0.05, 0) is 25.7 Å². The smallest absolute Gasteiger partial charge is 0.303 e. The van der Waals surface area contributed by atoms with Crippen LogP contribution >= 0.6 is 0 Å². The van der Waals surface area contributed by atoms with E-state index in [0.29, 0.717) is 12.8 Å². The molecule has 24 heavy (non-hydrogen) atoms. The second-order valence-electron chi connectivity index (χ2n) is 6.38. The fourth-order valence-corrected chi connectivity index (χ4v) is 3.38. The minimum absolute atomic E-state index is 0.207. The number of carbonyl (C=O) groups is 1. The van der Waals surface area contributed by atoms with Crippen LogP contribution in [0.4, 0.5) is 0 Å². The van der Waals surface area contributed by atoms with Gasteiger partial charge >= 0.3 is 5.97 Å². The van der Waals surface area contributed by atoms with Crippen molar-refractivity contribution in [2.24, 2.45) is 0 Å². The van der Waals surface area contributed by atoms with Crippen LogP contribution in [-0.4, -0.2) is 29.3 Å². The lowest BCUT2D eigenvalue weighted by Crippen LogP contribution is -2.17. The summed E-state index contributed by atoms with van der Waals surface area (Å²) in [5, 5.41) is 7.74. The molecule has 0 aromatic heterocycles. The first-order chi connectivity index (χ1) is 11.4. The van der Waals surface area contributed by atoms with Gasteiger partial charge in [-0.3, -0.25) is 9.35 Å². The predicted octanol–water partition coefficient (Wildman–Crippen LogP) is 4.97. The Morgan fingerprint density at radius 2 is 1.54 bits per heavy atom. The highest BCUT2D eigenvalue weighted by atomic mass is 32.2. The minimum Gasteiger partial charge on any atom is -0.481 e. The van der Waals surface area contributed by atoms with E-state index in [0.717, 1.165) is 44.9 Å². The van der Waals surface area contributed by atoms with E-state index in [4.69, 9.17) is 5.11 Å². The molecule has 6 heteroatoms. The van der Waals surface area contributed by atoms with Crippen LogP contribution in [0.1, 0.15) is 90.4 Å². The second kappa shape index (κ2) is 14.5. The molecule has 142 valence electrons. The van der Waals surface area contributed by atoms with Crippen LogP contribution in [0.15, 0.2) is 12.2 Å². The summed E-state index contributed by atoms with van der Waals surface area (Å²) < 4.78 is 32.1. The predicted molar refractivity (Wildman–Crippen MR) is 97.8 cm³/mol. The summed E-state index contributed by atoms with van der Waals surface area (Å²) >= 11 is 0. The molecule has 0 rings (SSSR count). The quantitative estimate of drug-likeness (QED) is 0.230. The van der Waals surface area contributed by atoms with Gasteiger partial charge in [-0.2, -0.15) is 8.42 Å². The van der Waals surface area contributed by atoms with Gasteiger partial charge in [-0.1, -0.05) is 70.4 Å². The number of aliphatic carboxylic acids is 1. The number of hydrogen-bond acceptors (Lipinski definition) is 3. The molecule has 5 nitrogen and oxygen atoms in total. The van der Waals surface area contributed by atoms with E-state index in [9.17, 15) is 17.8 Å². The van der Waals surface area contributed by atoms with Crippen LogP contribution in [0.2, 0.25) is 0 Å². The van der Waals surface area contributed by atoms with Gasteiger partial charge in [0.15, 0.2) is 0 Å². The highest BCUT2D eigenvalue weighted by molar-refractivity contribution is 7.86. The summed E-state index contributed by atoms with van der Waals surface area (Å²) in [5.74, 6) is -0.763. The first-order valence-corrected chi connectivity index (χ1v) is 10.7. The lowest BCUT2D eigenvalue weighted by Gasteiger charge is -2.09. The van der Waals surface area contributed by atoms with Crippen LogP contribution in [-0.2, 0) is 14.9 Å². The Bertz CT molecular complexity index is 442. The van der Waals surface area contributed by atoms with Crippen molar-refractivity contribution in [1.82, 2.24) is 0 Å². The molecule has 0 heterocycles. The van der Waals surface area contributed by atoms with Crippen LogP contribution in [0.5, 0.6) is 0 Å². The standard InChI is InChI=1S/C18H34O5S/c1-2-3-4-5-8-11-14-17(24(21,22)23)15-12-9-6-7-10-13-16-18(19)20/h12,15,17H,2-11,13-14,16H2,1H3,(H,19,20)(H,21,22,23)/b15-12+. The molecular weight excluding hydrogens is 328 g/mol. The average molecular weight is 363 g/mol. The summed E-state index contributed by atoms with van der Waals surface area (Å²) in [7, 11) is -4.03. The molecule has 0 bridgehead atoms. The molecule has 0 saturated heterocycles. The largest absolute Gasteiger partial charge is 0.481 e. The zero-order valence-corrected chi connectivity index (χ0v) is 15.8. The Morgan fingerprint density at radius 3 is 2.17 bits per heavy atom. The van der Waals surface area contributed by atoms with E-state index in [-0.39, 0.29) is 6.42 Å². The number of allylic oxidation sites excluding steroid dienone is 1. The van der Waals surface area contributed by atoms with E-state index in [1.165, 1.54) is 19.3 Å². The van der Waals surface area contributed by atoms with Gasteiger partial charge in [0.25, 0.3) is 10.1 Å². The Kier molecular flexibility index (Phi) is 13.9. The number of carboxylic acid groups (broad SMARTS) is 1. The van der Waals surface area contributed by atoms with E-state index in [2.05, 4.69) is 6.92 Å². The zero-order chi connectivity index (χ0) is 18.3. The first-order valence-electron chi connectivity index (χ1n) is 9.22. The molecule has 1 atom stereocenters. The van der Waals surface area contributed by atoms with E-state index in [1.807, 2.05) is 6.08 Å². The fraction of sp³-hybridized carbons (Fsp3) is 0.833. The average Bonchev–Trinajstić information content (AvgIpc) is 2.49. The van der Waals surface area contributed by atoms with Gasteiger partial charge < -0.3 is 5.11 Å². The number of rotatable bonds is 16. The third-order valence-electron chi connectivity index (χ3n) is 4.09. The maximum atomic E-state index is 11.4. The molecule has 2 N–H and O–H groups in total. The Balaban J connectivity index is 3.92. The van der Waals surface area contributed by atoms with Gasteiger partial charge in [-0.25, -0.2) is 0 Å². The van der Waals surface area contributed by atoms with Crippen molar-refractivity contribution in [2.45, 2.75) is 95.6 Å². The molecule has 0 aliphatic rings. The molecular formula is C18H34O5S. The number of carboxylic acids is 1. The molecule has 0 aliphatic heterocycles. The maximum Gasteiger partial charge on any atom is 0.303 e. The van der Waals surface area contributed by atoms with Crippen LogP contribution in [0.25, 0.3) is 0 Å². The highest BCUT2D eigenvalue weighted by Gasteiger charge is 2.18. The van der Waals surface area contributed by atoms with Gasteiger partial charge in [0.05, 0.1) is 0 Å². The van der Waals surface area contributed by atoms with Crippen LogP contribution in [0.3, 0.4) is 0 Å². The Labute approximate surface area is 147 Å². The van der Waals surface area contributed by atoms with E-state index in [1.54, 1.807) is 6.08 Å². The van der Waals surface area contributed by atoms with Gasteiger partial charge in [0.2, 0.25) is 0 Å². The first kappa shape index (κ1) is 23.1. The number of unbranched alkanes of at least 4 members (excludes halogenated alkanes) is 9. The maximum absolute atomic E-state index is 11.4. The summed E-state index contributed by atoms with van der Waals surface area (Å²) in [4.78, 5) is 10.4. The van der Waals surface area contributed by atoms with Crippen molar-refractivity contribution in [3.63, 3.8) is 0 Å². The van der Waals surface area contributed by atoms with Crippen molar-refractivity contribution in [1.29, 1.82) is 0 Å². The van der Waals surface area contributed by atoms with Crippen molar-refractivity contribution in [3.05, 3.63) is 12.2 Å². The highest BCUT2D eigenvalue weighted by Crippen LogP contribution is 2.15. The third-order valence-corrected chi connectivity index (χ3v) is 5.24. The molecule has 0 aromatic rings.